The average molecular weight is 273 g/mol. The molecule has 1 N–H and O–H groups in total. The van der Waals surface area contributed by atoms with Crippen molar-refractivity contribution >= 4 is 0 Å². The lowest BCUT2D eigenvalue weighted by Gasteiger charge is -2.19. The fourth-order valence-electron chi connectivity index (χ4n) is 2.30. The van der Waals surface area contributed by atoms with Crippen LogP contribution in [0, 0.1) is 0 Å². The molecular weight excluding hydrogens is 258 g/mol. The van der Waals surface area contributed by atoms with Gasteiger partial charge in [-0.05, 0) is 30.3 Å². The number of rotatable bonds is 2. The van der Waals surface area contributed by atoms with E-state index in [4.69, 9.17) is 14.6 Å². The summed E-state index contributed by atoms with van der Waals surface area (Å²) in [4.78, 5) is 12.0. The van der Waals surface area contributed by atoms with Crippen molar-refractivity contribution in [2.45, 2.75) is 6.61 Å². The Balaban J connectivity index is 2.09. The van der Waals surface area contributed by atoms with Gasteiger partial charge in [-0.25, -0.2) is 0 Å². The molecule has 0 saturated carbocycles. The van der Waals surface area contributed by atoms with Gasteiger partial charge in [-0.3, -0.25) is 4.79 Å². The van der Waals surface area contributed by atoms with Crippen LogP contribution in [0.2, 0.25) is 0 Å². The van der Waals surface area contributed by atoms with Gasteiger partial charge in [-0.2, -0.15) is 0 Å². The molecule has 1 aliphatic heterocycles. The quantitative estimate of drug-likeness (QED) is 0.896. The van der Waals surface area contributed by atoms with E-state index in [1.165, 1.54) is 4.57 Å². The number of pyridine rings is 1. The Morgan fingerprint density at radius 1 is 1.15 bits per heavy atom. The zero-order valence-electron chi connectivity index (χ0n) is 11.1. The molecule has 0 spiro atoms. The average Bonchev–Trinajstić information content (AvgIpc) is 2.49. The normalized spacial score (nSPS) is 13.3. The van der Waals surface area contributed by atoms with E-state index in [2.05, 4.69) is 0 Å². The Kier molecular flexibility index (Phi) is 3.20. The monoisotopic (exact) mass is 273 g/mol. The van der Waals surface area contributed by atoms with E-state index >= 15 is 0 Å². The number of nitrogens with zero attached hydrogens (tertiary/aromatic N) is 1. The van der Waals surface area contributed by atoms with Crippen molar-refractivity contribution in [3.8, 4) is 22.8 Å². The van der Waals surface area contributed by atoms with Crippen LogP contribution in [0.3, 0.4) is 0 Å². The van der Waals surface area contributed by atoms with Gasteiger partial charge < -0.3 is 19.1 Å². The zero-order chi connectivity index (χ0) is 14.1. The van der Waals surface area contributed by atoms with Crippen molar-refractivity contribution in [1.82, 2.24) is 4.57 Å². The van der Waals surface area contributed by atoms with Crippen LogP contribution in [0.25, 0.3) is 11.3 Å². The predicted molar refractivity (Wildman–Crippen MR) is 74.0 cm³/mol. The van der Waals surface area contributed by atoms with E-state index in [1.807, 2.05) is 24.3 Å². The number of hydrogen-bond acceptors (Lipinski definition) is 4. The van der Waals surface area contributed by atoms with E-state index in [0.717, 1.165) is 17.0 Å². The maximum Gasteiger partial charge on any atom is 0.256 e. The number of aliphatic hydroxyl groups excluding tert-OH is 1. The molecule has 3 rings (SSSR count). The summed E-state index contributed by atoms with van der Waals surface area (Å²) in [5.74, 6) is 1.41. The van der Waals surface area contributed by atoms with Crippen LogP contribution in [0.5, 0.6) is 11.5 Å². The van der Waals surface area contributed by atoms with Crippen molar-refractivity contribution in [2.24, 2.45) is 7.05 Å². The summed E-state index contributed by atoms with van der Waals surface area (Å²) in [7, 11) is 1.69. The highest BCUT2D eigenvalue weighted by atomic mass is 16.6. The molecule has 0 aliphatic carbocycles. The lowest BCUT2D eigenvalue weighted by Crippen LogP contribution is -2.22. The topological polar surface area (TPSA) is 60.7 Å². The molecule has 104 valence electrons. The lowest BCUT2D eigenvalue weighted by atomic mass is 10.1. The van der Waals surface area contributed by atoms with Crippen molar-refractivity contribution in [2.75, 3.05) is 13.2 Å². The third-order valence-corrected chi connectivity index (χ3v) is 3.39. The molecule has 20 heavy (non-hydrogen) atoms. The number of ether oxygens (including phenoxy) is 2. The van der Waals surface area contributed by atoms with Crippen LogP contribution in [0.15, 0.2) is 35.1 Å². The summed E-state index contributed by atoms with van der Waals surface area (Å²) in [5, 5.41) is 9.11. The van der Waals surface area contributed by atoms with Crippen LogP contribution in [0.1, 0.15) is 5.56 Å². The minimum absolute atomic E-state index is 0.195. The summed E-state index contributed by atoms with van der Waals surface area (Å²) in [6, 6.07) is 9.06. The fraction of sp³-hybridized carbons (Fsp3) is 0.267. The fourth-order valence-corrected chi connectivity index (χ4v) is 2.30. The molecule has 0 unspecified atom stereocenters. The molecule has 2 heterocycles. The summed E-state index contributed by atoms with van der Waals surface area (Å²) in [6.07, 6.45) is 0. The molecule has 0 bridgehead atoms. The third-order valence-electron chi connectivity index (χ3n) is 3.39. The van der Waals surface area contributed by atoms with Crippen molar-refractivity contribution in [3.63, 3.8) is 0 Å². The summed E-state index contributed by atoms with van der Waals surface area (Å²) >= 11 is 0. The van der Waals surface area contributed by atoms with E-state index in [1.54, 1.807) is 13.1 Å². The van der Waals surface area contributed by atoms with Gasteiger partial charge in [0.05, 0.1) is 12.3 Å². The maximum absolute atomic E-state index is 12.0. The maximum atomic E-state index is 12.0. The summed E-state index contributed by atoms with van der Waals surface area (Å²) in [5.41, 5.74) is 1.83. The molecule has 2 aromatic rings. The van der Waals surface area contributed by atoms with Crippen molar-refractivity contribution in [3.05, 3.63) is 46.2 Å². The molecule has 0 amide bonds. The van der Waals surface area contributed by atoms with Gasteiger partial charge in [-0.1, -0.05) is 0 Å². The molecule has 5 heteroatoms. The predicted octanol–water partition coefficient (Wildman–Crippen LogP) is 1.32. The second kappa shape index (κ2) is 5.02. The second-order valence-corrected chi connectivity index (χ2v) is 4.62. The molecule has 1 aromatic carbocycles. The highest BCUT2D eigenvalue weighted by Crippen LogP contribution is 2.34. The Labute approximate surface area is 116 Å². The van der Waals surface area contributed by atoms with Crippen LogP contribution >= 0.6 is 0 Å². The largest absolute Gasteiger partial charge is 0.486 e. The minimum atomic E-state index is -0.256. The van der Waals surface area contributed by atoms with E-state index in [9.17, 15) is 4.79 Å². The molecule has 0 atom stereocenters. The van der Waals surface area contributed by atoms with Gasteiger partial charge in [0, 0.05) is 18.2 Å². The van der Waals surface area contributed by atoms with Gasteiger partial charge in [0.1, 0.15) is 13.2 Å². The van der Waals surface area contributed by atoms with Crippen molar-refractivity contribution in [1.29, 1.82) is 0 Å². The third kappa shape index (κ3) is 2.06. The van der Waals surface area contributed by atoms with Crippen LogP contribution < -0.4 is 15.0 Å². The van der Waals surface area contributed by atoms with Gasteiger partial charge in [0.15, 0.2) is 11.5 Å². The molecular formula is C15H15NO4. The number of aromatic nitrogens is 1. The standard InChI is InChI=1S/C15H15NO4/c1-16-12(4-2-11(9-17)15(16)18)10-3-5-13-14(8-10)20-7-6-19-13/h2-5,8,17H,6-7,9H2,1H3. The highest BCUT2D eigenvalue weighted by molar-refractivity contribution is 5.64. The molecule has 1 aliphatic rings. The SMILES string of the molecule is Cn1c(-c2ccc3c(c2)OCCO3)ccc(CO)c1=O. The Morgan fingerprint density at radius 2 is 1.90 bits per heavy atom. The number of aliphatic hydroxyl groups is 1. The molecule has 1 aromatic heterocycles. The molecule has 0 radical (unpaired) electrons. The van der Waals surface area contributed by atoms with Gasteiger partial charge in [0.2, 0.25) is 0 Å². The second-order valence-electron chi connectivity index (χ2n) is 4.62. The minimum Gasteiger partial charge on any atom is -0.486 e. The highest BCUT2D eigenvalue weighted by Gasteiger charge is 2.14. The lowest BCUT2D eigenvalue weighted by molar-refractivity contribution is 0.171. The van der Waals surface area contributed by atoms with Crippen LogP contribution in [-0.4, -0.2) is 22.9 Å². The smallest absolute Gasteiger partial charge is 0.256 e. The number of fused-ring (bicyclic) bond motifs is 1. The first-order valence-corrected chi connectivity index (χ1v) is 6.40. The Hall–Kier alpha value is -2.27. The van der Waals surface area contributed by atoms with E-state index in [-0.39, 0.29) is 12.2 Å². The van der Waals surface area contributed by atoms with E-state index < -0.39 is 0 Å². The summed E-state index contributed by atoms with van der Waals surface area (Å²) < 4.78 is 12.6. The van der Waals surface area contributed by atoms with E-state index in [0.29, 0.717) is 24.5 Å². The number of hydrogen-bond donors (Lipinski definition) is 1. The first kappa shape index (κ1) is 12.7. The molecule has 5 nitrogen and oxygen atoms in total. The first-order chi connectivity index (χ1) is 9.70. The van der Waals surface area contributed by atoms with Crippen LogP contribution in [-0.2, 0) is 13.7 Å². The first-order valence-electron chi connectivity index (χ1n) is 6.40. The number of benzene rings is 1. The van der Waals surface area contributed by atoms with Crippen molar-refractivity contribution < 1.29 is 14.6 Å². The molecule has 0 saturated heterocycles. The molecule has 0 fully saturated rings. The van der Waals surface area contributed by atoms with Gasteiger partial charge in [0.25, 0.3) is 5.56 Å². The zero-order valence-corrected chi connectivity index (χ0v) is 11.1. The van der Waals surface area contributed by atoms with Gasteiger partial charge in [-0.15, -0.1) is 0 Å². The summed E-state index contributed by atoms with van der Waals surface area (Å²) in [6.45, 7) is 0.822. The Bertz CT molecular complexity index is 706. The van der Waals surface area contributed by atoms with Crippen LogP contribution in [0.4, 0.5) is 0 Å². The Morgan fingerprint density at radius 3 is 2.65 bits per heavy atom. The van der Waals surface area contributed by atoms with Gasteiger partial charge >= 0.3 is 0 Å².